The van der Waals surface area contributed by atoms with Crippen LogP contribution in [0.5, 0.6) is 0 Å². The van der Waals surface area contributed by atoms with Crippen LogP contribution in [-0.4, -0.2) is 16.6 Å². The minimum Gasteiger partial charge on any atom is -0.387 e. The Morgan fingerprint density at radius 1 is 1.35 bits per heavy atom. The van der Waals surface area contributed by atoms with Crippen molar-refractivity contribution >= 4 is 22.2 Å². The smallest absolute Gasteiger partial charge is 0.190 e. The van der Waals surface area contributed by atoms with E-state index in [0.717, 1.165) is 48.7 Å². The lowest BCUT2D eigenvalue weighted by Crippen LogP contribution is -2.13. The largest absolute Gasteiger partial charge is 0.387 e. The summed E-state index contributed by atoms with van der Waals surface area (Å²) in [7, 11) is 0. The van der Waals surface area contributed by atoms with E-state index in [1.54, 1.807) is 17.4 Å². The van der Waals surface area contributed by atoms with Gasteiger partial charge in [0.15, 0.2) is 5.13 Å². The topological polar surface area (TPSA) is 36.4 Å². The van der Waals surface area contributed by atoms with Crippen molar-refractivity contribution in [2.24, 2.45) is 0 Å². The predicted octanol–water partition coefficient (Wildman–Crippen LogP) is 3.35. The van der Waals surface area contributed by atoms with E-state index in [1.807, 2.05) is 6.07 Å². The average molecular weight is 290 g/mol. The van der Waals surface area contributed by atoms with Crippen molar-refractivity contribution in [2.75, 3.05) is 11.4 Å². The number of aliphatic hydroxyl groups is 1. The van der Waals surface area contributed by atoms with Crippen molar-refractivity contribution in [3.05, 3.63) is 40.2 Å². The number of benzene rings is 1. The number of halogens is 1. The molecule has 4 rings (SSSR count). The maximum absolute atomic E-state index is 13.5. The van der Waals surface area contributed by atoms with Crippen molar-refractivity contribution in [2.45, 2.75) is 31.8 Å². The van der Waals surface area contributed by atoms with Crippen molar-refractivity contribution < 1.29 is 9.50 Å². The number of rotatable bonds is 1. The van der Waals surface area contributed by atoms with Crippen molar-refractivity contribution in [1.29, 1.82) is 0 Å². The minimum absolute atomic E-state index is 0.211. The number of hydrogen-bond donors (Lipinski definition) is 1. The maximum atomic E-state index is 13.5. The van der Waals surface area contributed by atoms with E-state index in [4.69, 9.17) is 0 Å². The van der Waals surface area contributed by atoms with Crippen LogP contribution in [0.25, 0.3) is 0 Å². The normalized spacial score (nSPS) is 20.9. The van der Waals surface area contributed by atoms with E-state index in [0.29, 0.717) is 0 Å². The second-order valence-electron chi connectivity index (χ2n) is 5.39. The summed E-state index contributed by atoms with van der Waals surface area (Å²) in [5.41, 5.74) is 2.92. The Balaban J connectivity index is 1.75. The van der Waals surface area contributed by atoms with Crippen LogP contribution in [0.1, 0.15) is 35.1 Å². The molecule has 0 fully saturated rings. The predicted molar refractivity (Wildman–Crippen MR) is 77.1 cm³/mol. The third-order valence-electron chi connectivity index (χ3n) is 4.09. The van der Waals surface area contributed by atoms with E-state index in [9.17, 15) is 9.50 Å². The second-order valence-corrected chi connectivity index (χ2v) is 6.45. The summed E-state index contributed by atoms with van der Waals surface area (Å²) in [4.78, 5) is 7.88. The summed E-state index contributed by atoms with van der Waals surface area (Å²) in [6.45, 7) is 0.835. The number of thiazole rings is 1. The molecule has 1 unspecified atom stereocenters. The van der Waals surface area contributed by atoms with Gasteiger partial charge in [-0.25, -0.2) is 9.37 Å². The van der Waals surface area contributed by atoms with Gasteiger partial charge in [-0.2, -0.15) is 0 Å². The number of anilines is 2. The Bertz CT molecular complexity index is 670. The third-order valence-corrected chi connectivity index (χ3v) is 5.24. The molecule has 5 heteroatoms. The van der Waals surface area contributed by atoms with Crippen LogP contribution >= 0.6 is 11.3 Å². The van der Waals surface area contributed by atoms with Gasteiger partial charge < -0.3 is 10.0 Å². The second kappa shape index (κ2) is 4.53. The Hall–Kier alpha value is -1.46. The lowest BCUT2D eigenvalue weighted by molar-refractivity contribution is 0.153. The maximum Gasteiger partial charge on any atom is 0.190 e. The van der Waals surface area contributed by atoms with Gasteiger partial charge >= 0.3 is 0 Å². The zero-order valence-corrected chi connectivity index (χ0v) is 11.8. The summed E-state index contributed by atoms with van der Waals surface area (Å²) in [5, 5.41) is 10.9. The Morgan fingerprint density at radius 3 is 3.10 bits per heavy atom. The molecule has 0 amide bonds. The van der Waals surface area contributed by atoms with Gasteiger partial charge in [0.25, 0.3) is 0 Å². The van der Waals surface area contributed by atoms with Crippen LogP contribution < -0.4 is 4.90 Å². The molecule has 0 bridgehead atoms. The molecule has 3 nitrogen and oxygen atoms in total. The molecule has 1 N–H and O–H groups in total. The van der Waals surface area contributed by atoms with Gasteiger partial charge in [-0.3, -0.25) is 0 Å². The molecule has 1 aliphatic heterocycles. The molecule has 1 atom stereocenters. The Labute approximate surface area is 120 Å². The molecule has 2 aromatic rings. The van der Waals surface area contributed by atoms with Gasteiger partial charge in [-0.15, -0.1) is 11.3 Å². The fraction of sp³-hybridized carbons (Fsp3) is 0.400. The molecular weight excluding hydrogens is 275 g/mol. The first-order chi connectivity index (χ1) is 9.72. The van der Waals surface area contributed by atoms with Gasteiger partial charge in [0, 0.05) is 17.1 Å². The molecule has 1 aromatic heterocycles. The minimum atomic E-state index is -0.432. The highest BCUT2D eigenvalue weighted by molar-refractivity contribution is 7.15. The van der Waals surface area contributed by atoms with Crippen molar-refractivity contribution in [1.82, 2.24) is 4.98 Å². The van der Waals surface area contributed by atoms with Crippen molar-refractivity contribution in [3.63, 3.8) is 0 Å². The van der Waals surface area contributed by atoms with E-state index in [1.165, 1.54) is 16.5 Å². The summed E-state index contributed by atoms with van der Waals surface area (Å²) >= 11 is 1.64. The van der Waals surface area contributed by atoms with E-state index in [-0.39, 0.29) is 5.82 Å². The van der Waals surface area contributed by atoms with Crippen LogP contribution in [0.2, 0.25) is 0 Å². The molecule has 104 valence electrons. The number of aliphatic hydroxyl groups excluding tert-OH is 1. The summed E-state index contributed by atoms with van der Waals surface area (Å²) < 4.78 is 13.5. The van der Waals surface area contributed by atoms with E-state index < -0.39 is 6.10 Å². The van der Waals surface area contributed by atoms with Crippen LogP contribution in [0, 0.1) is 5.82 Å². The average Bonchev–Trinajstić information content (AvgIpc) is 3.02. The lowest BCUT2D eigenvalue weighted by atomic mass is 10.0. The van der Waals surface area contributed by atoms with Gasteiger partial charge in [0.1, 0.15) is 5.82 Å². The fourth-order valence-electron chi connectivity index (χ4n) is 3.05. The van der Waals surface area contributed by atoms with E-state index >= 15 is 0 Å². The monoisotopic (exact) mass is 290 g/mol. The zero-order chi connectivity index (χ0) is 13.7. The van der Waals surface area contributed by atoms with Gasteiger partial charge in [-0.1, -0.05) is 6.07 Å². The number of aryl methyl sites for hydroxylation is 1. The molecule has 0 saturated carbocycles. The van der Waals surface area contributed by atoms with E-state index in [2.05, 4.69) is 9.88 Å². The summed E-state index contributed by atoms with van der Waals surface area (Å²) in [6, 6.07) is 4.95. The molecule has 0 radical (unpaired) electrons. The molecule has 2 aliphatic rings. The molecule has 20 heavy (non-hydrogen) atoms. The molecule has 1 aliphatic carbocycles. The first kappa shape index (κ1) is 12.3. The molecular formula is C15H15FN2OS. The highest BCUT2D eigenvalue weighted by atomic mass is 32.1. The molecule has 0 saturated heterocycles. The van der Waals surface area contributed by atoms with Crippen LogP contribution in [0.4, 0.5) is 15.2 Å². The summed E-state index contributed by atoms with van der Waals surface area (Å²) in [5.74, 6) is -0.211. The van der Waals surface area contributed by atoms with Crippen LogP contribution in [0.3, 0.4) is 0 Å². The summed E-state index contributed by atoms with van der Waals surface area (Å²) in [6.07, 6.45) is 3.29. The highest BCUT2D eigenvalue weighted by Gasteiger charge is 2.28. The number of aromatic nitrogens is 1. The number of fused-ring (bicyclic) bond motifs is 2. The molecule has 0 spiro atoms. The van der Waals surface area contributed by atoms with Gasteiger partial charge in [-0.05, 0) is 43.4 Å². The Morgan fingerprint density at radius 2 is 2.25 bits per heavy atom. The van der Waals surface area contributed by atoms with Crippen LogP contribution in [-0.2, 0) is 12.8 Å². The highest BCUT2D eigenvalue weighted by Crippen LogP contribution is 2.41. The van der Waals surface area contributed by atoms with Crippen molar-refractivity contribution in [3.8, 4) is 0 Å². The molecule has 2 heterocycles. The lowest BCUT2D eigenvalue weighted by Gasteiger charge is -2.16. The SMILES string of the molecule is OC1CCCc2sc(N3CCc4ccc(F)cc43)nc21. The zero-order valence-electron chi connectivity index (χ0n) is 11.0. The quantitative estimate of drug-likeness (QED) is 0.875. The Kier molecular flexibility index (Phi) is 2.79. The molecule has 1 aromatic carbocycles. The number of hydrogen-bond acceptors (Lipinski definition) is 4. The first-order valence-corrected chi connectivity index (χ1v) is 7.77. The van der Waals surface area contributed by atoms with Gasteiger partial charge in [0.05, 0.1) is 11.8 Å². The third kappa shape index (κ3) is 1.84. The fourth-order valence-corrected chi connectivity index (χ4v) is 4.25. The van der Waals surface area contributed by atoms with Crippen LogP contribution in [0.15, 0.2) is 18.2 Å². The first-order valence-electron chi connectivity index (χ1n) is 6.96. The van der Waals surface area contributed by atoms with Gasteiger partial charge in [0.2, 0.25) is 0 Å². The standard InChI is InChI=1S/C15H15FN2OS/c16-10-5-4-9-6-7-18(11(9)8-10)15-17-14-12(19)2-1-3-13(14)20-15/h4-5,8,12,19H,1-3,6-7H2. The number of nitrogens with zero attached hydrogens (tertiary/aromatic N) is 2.